The molecule has 0 fully saturated rings. The summed E-state index contributed by atoms with van der Waals surface area (Å²) >= 11 is 4.71. The van der Waals surface area contributed by atoms with E-state index in [9.17, 15) is 4.79 Å². The molecule has 1 heterocycles. The predicted molar refractivity (Wildman–Crippen MR) is 77.4 cm³/mol. The van der Waals surface area contributed by atoms with Gasteiger partial charge >= 0.3 is 0 Å². The van der Waals surface area contributed by atoms with Gasteiger partial charge in [0.1, 0.15) is 5.76 Å². The normalized spacial score (nSPS) is 14.7. The first kappa shape index (κ1) is 15.3. The van der Waals surface area contributed by atoms with Gasteiger partial charge in [-0.15, -0.1) is 0 Å². The third-order valence-electron chi connectivity index (χ3n) is 2.40. The Morgan fingerprint density at radius 1 is 1.67 bits per heavy atom. The van der Waals surface area contributed by atoms with E-state index in [0.717, 1.165) is 0 Å². The van der Waals surface area contributed by atoms with Gasteiger partial charge in [0.25, 0.3) is 0 Å². The standard InChI is InChI=1S/C12H16BrNO3S/c1-8(10(7-15)18-2)14-12(16)6-4-9-3-5-11(13)17-9/h3-6,8,10,15H,7H2,1-2H3,(H,14,16)/b6-4+. The van der Waals surface area contributed by atoms with Crippen molar-refractivity contribution in [2.45, 2.75) is 18.2 Å². The van der Waals surface area contributed by atoms with Gasteiger partial charge in [0, 0.05) is 17.4 Å². The molecule has 2 atom stereocenters. The van der Waals surface area contributed by atoms with Crippen LogP contribution in [0.5, 0.6) is 0 Å². The summed E-state index contributed by atoms with van der Waals surface area (Å²) in [5.74, 6) is 0.399. The van der Waals surface area contributed by atoms with Crippen molar-refractivity contribution in [3.8, 4) is 0 Å². The van der Waals surface area contributed by atoms with Crippen molar-refractivity contribution in [2.24, 2.45) is 0 Å². The van der Waals surface area contributed by atoms with Crippen LogP contribution in [0.25, 0.3) is 6.08 Å². The van der Waals surface area contributed by atoms with Crippen molar-refractivity contribution >= 4 is 39.7 Å². The lowest BCUT2D eigenvalue weighted by Gasteiger charge is -2.20. The zero-order valence-corrected chi connectivity index (χ0v) is 12.6. The zero-order valence-electron chi connectivity index (χ0n) is 10.2. The number of halogens is 1. The molecule has 0 saturated carbocycles. The highest BCUT2D eigenvalue weighted by Gasteiger charge is 2.16. The summed E-state index contributed by atoms with van der Waals surface area (Å²) in [6.07, 6.45) is 4.91. The Morgan fingerprint density at radius 3 is 2.89 bits per heavy atom. The summed E-state index contributed by atoms with van der Waals surface area (Å²) in [4.78, 5) is 11.6. The molecule has 0 bridgehead atoms. The number of furan rings is 1. The first-order valence-corrected chi connectivity index (χ1v) is 7.52. The molecule has 4 nitrogen and oxygen atoms in total. The fourth-order valence-electron chi connectivity index (χ4n) is 1.38. The van der Waals surface area contributed by atoms with Gasteiger partial charge in [-0.25, -0.2) is 0 Å². The van der Waals surface area contributed by atoms with Gasteiger partial charge in [0.05, 0.1) is 6.61 Å². The van der Waals surface area contributed by atoms with Crippen molar-refractivity contribution in [3.05, 3.63) is 28.6 Å². The molecule has 0 aromatic carbocycles. The SMILES string of the molecule is CSC(CO)C(C)NC(=O)/C=C/c1ccc(Br)o1. The second-order valence-corrected chi connectivity index (χ2v) is 5.59. The van der Waals surface area contributed by atoms with Gasteiger partial charge in [0.15, 0.2) is 4.67 Å². The lowest BCUT2D eigenvalue weighted by molar-refractivity contribution is -0.117. The summed E-state index contributed by atoms with van der Waals surface area (Å²) in [5.41, 5.74) is 0. The molecule has 18 heavy (non-hydrogen) atoms. The van der Waals surface area contributed by atoms with Crippen molar-refractivity contribution < 1.29 is 14.3 Å². The minimum absolute atomic E-state index is 0.0000993. The summed E-state index contributed by atoms with van der Waals surface area (Å²) in [5, 5.41) is 11.9. The molecule has 0 aliphatic heterocycles. The van der Waals surface area contributed by atoms with Gasteiger partial charge in [-0.3, -0.25) is 4.79 Å². The average Bonchev–Trinajstić information content (AvgIpc) is 2.74. The lowest BCUT2D eigenvalue weighted by atomic mass is 10.2. The van der Waals surface area contributed by atoms with E-state index in [4.69, 9.17) is 9.52 Å². The molecule has 6 heteroatoms. The summed E-state index contributed by atoms with van der Waals surface area (Å²) in [7, 11) is 0. The van der Waals surface area contributed by atoms with Crippen molar-refractivity contribution in [3.63, 3.8) is 0 Å². The monoisotopic (exact) mass is 333 g/mol. The predicted octanol–water partition coefficient (Wildman–Crippen LogP) is 2.28. The van der Waals surface area contributed by atoms with Crippen LogP contribution < -0.4 is 5.32 Å². The molecule has 0 aliphatic carbocycles. The zero-order chi connectivity index (χ0) is 13.5. The number of aliphatic hydroxyl groups excluding tert-OH is 1. The van der Waals surface area contributed by atoms with Crippen LogP contribution in [-0.2, 0) is 4.79 Å². The van der Waals surface area contributed by atoms with E-state index >= 15 is 0 Å². The smallest absolute Gasteiger partial charge is 0.244 e. The Morgan fingerprint density at radius 2 is 2.39 bits per heavy atom. The molecule has 0 spiro atoms. The molecule has 0 aliphatic rings. The number of carbonyl (C=O) groups is 1. The number of hydrogen-bond donors (Lipinski definition) is 2. The van der Waals surface area contributed by atoms with Gasteiger partial charge in [0.2, 0.25) is 5.91 Å². The molecular formula is C12H16BrNO3S. The molecule has 1 rings (SSSR count). The highest BCUT2D eigenvalue weighted by Crippen LogP contribution is 2.15. The van der Waals surface area contributed by atoms with E-state index in [1.165, 1.54) is 17.8 Å². The molecule has 100 valence electrons. The first-order valence-electron chi connectivity index (χ1n) is 5.44. The molecule has 0 saturated heterocycles. The van der Waals surface area contributed by atoms with E-state index in [2.05, 4.69) is 21.2 Å². The minimum Gasteiger partial charge on any atom is -0.450 e. The van der Waals surface area contributed by atoms with E-state index in [1.807, 2.05) is 13.2 Å². The van der Waals surface area contributed by atoms with Crippen LogP contribution in [0.3, 0.4) is 0 Å². The van der Waals surface area contributed by atoms with E-state index < -0.39 is 0 Å². The summed E-state index contributed by atoms with van der Waals surface area (Å²) in [6.45, 7) is 1.91. The summed E-state index contributed by atoms with van der Waals surface area (Å²) in [6, 6.07) is 3.43. The second-order valence-electron chi connectivity index (χ2n) is 3.73. The molecule has 0 radical (unpaired) electrons. The molecular weight excluding hydrogens is 318 g/mol. The average molecular weight is 334 g/mol. The fourth-order valence-corrected chi connectivity index (χ4v) is 2.32. The molecule has 2 unspecified atom stereocenters. The quantitative estimate of drug-likeness (QED) is 0.784. The third-order valence-corrected chi connectivity index (χ3v) is 3.99. The number of hydrogen-bond acceptors (Lipinski definition) is 4. The second kappa shape index (κ2) is 7.66. The maximum Gasteiger partial charge on any atom is 0.244 e. The van der Waals surface area contributed by atoms with Crippen molar-refractivity contribution in [1.82, 2.24) is 5.32 Å². The number of rotatable bonds is 6. The maximum atomic E-state index is 11.6. The van der Waals surface area contributed by atoms with Crippen LogP contribution in [0.15, 0.2) is 27.3 Å². The van der Waals surface area contributed by atoms with Crippen LogP contribution in [0, 0.1) is 0 Å². The fraction of sp³-hybridized carbons (Fsp3) is 0.417. The van der Waals surface area contributed by atoms with Crippen LogP contribution in [0.4, 0.5) is 0 Å². The number of aliphatic hydroxyl groups is 1. The Kier molecular flexibility index (Phi) is 6.52. The minimum atomic E-state index is -0.206. The Hall–Kier alpha value is -0.720. The molecule has 1 amide bonds. The highest BCUT2D eigenvalue weighted by molar-refractivity contribution is 9.10. The molecule has 1 aromatic heterocycles. The maximum absolute atomic E-state index is 11.6. The number of thioether (sulfide) groups is 1. The van der Waals surface area contributed by atoms with Crippen LogP contribution >= 0.6 is 27.7 Å². The van der Waals surface area contributed by atoms with Crippen LogP contribution in [0.1, 0.15) is 12.7 Å². The van der Waals surface area contributed by atoms with Crippen molar-refractivity contribution in [2.75, 3.05) is 12.9 Å². The van der Waals surface area contributed by atoms with Gasteiger partial charge in [-0.05, 0) is 47.3 Å². The topological polar surface area (TPSA) is 62.5 Å². The van der Waals surface area contributed by atoms with E-state index in [-0.39, 0.29) is 23.8 Å². The first-order chi connectivity index (χ1) is 8.56. The number of amides is 1. The third kappa shape index (κ3) is 4.88. The Labute approximate surface area is 119 Å². The number of carbonyl (C=O) groups excluding carboxylic acids is 1. The Balaban J connectivity index is 2.48. The largest absolute Gasteiger partial charge is 0.450 e. The van der Waals surface area contributed by atoms with E-state index in [1.54, 1.807) is 18.2 Å². The van der Waals surface area contributed by atoms with Gasteiger partial charge in [-0.2, -0.15) is 11.8 Å². The Bertz CT molecular complexity index is 415. The van der Waals surface area contributed by atoms with Crippen LogP contribution in [-0.4, -0.2) is 35.2 Å². The molecule has 2 N–H and O–H groups in total. The van der Waals surface area contributed by atoms with Gasteiger partial charge < -0.3 is 14.8 Å². The lowest BCUT2D eigenvalue weighted by Crippen LogP contribution is -2.40. The van der Waals surface area contributed by atoms with E-state index in [0.29, 0.717) is 10.4 Å². The summed E-state index contributed by atoms with van der Waals surface area (Å²) < 4.78 is 5.86. The highest BCUT2D eigenvalue weighted by atomic mass is 79.9. The van der Waals surface area contributed by atoms with Crippen molar-refractivity contribution in [1.29, 1.82) is 0 Å². The van der Waals surface area contributed by atoms with Crippen LogP contribution in [0.2, 0.25) is 0 Å². The van der Waals surface area contributed by atoms with Gasteiger partial charge in [-0.1, -0.05) is 0 Å². The molecule has 1 aromatic rings. The number of nitrogens with one attached hydrogen (secondary N) is 1.